The minimum atomic E-state index is -0.552. The Balaban J connectivity index is 1.68. The van der Waals surface area contributed by atoms with Gasteiger partial charge in [0.15, 0.2) is 0 Å². The summed E-state index contributed by atoms with van der Waals surface area (Å²) < 4.78 is 2.05. The summed E-state index contributed by atoms with van der Waals surface area (Å²) in [7, 11) is 0. The Morgan fingerprint density at radius 2 is 2.29 bits per heavy atom. The van der Waals surface area contributed by atoms with E-state index < -0.39 is 6.10 Å². The monoisotopic (exact) mass is 286 g/mol. The summed E-state index contributed by atoms with van der Waals surface area (Å²) in [6.07, 6.45) is 3.13. The summed E-state index contributed by atoms with van der Waals surface area (Å²) in [5, 5.41) is 12.5. The van der Waals surface area contributed by atoms with Crippen molar-refractivity contribution in [3.05, 3.63) is 48.0 Å². The van der Waals surface area contributed by atoms with E-state index in [1.165, 1.54) is 0 Å². The average Bonchev–Trinajstić information content (AvgIpc) is 2.94. The van der Waals surface area contributed by atoms with E-state index in [1.807, 2.05) is 24.4 Å². The lowest BCUT2D eigenvalue weighted by Crippen LogP contribution is -2.40. The van der Waals surface area contributed by atoms with Crippen molar-refractivity contribution in [3.63, 3.8) is 0 Å². The van der Waals surface area contributed by atoms with Crippen LogP contribution < -0.4 is 5.32 Å². The minimum absolute atomic E-state index is 0.146. The molecule has 110 valence electrons. The molecule has 1 aromatic carbocycles. The van der Waals surface area contributed by atoms with Gasteiger partial charge in [-0.15, -0.1) is 0 Å². The number of amides is 2. The molecule has 0 spiro atoms. The number of hydrogen-bond acceptors (Lipinski definition) is 3. The van der Waals surface area contributed by atoms with Gasteiger partial charge in [0, 0.05) is 31.2 Å². The highest BCUT2D eigenvalue weighted by Gasteiger charge is 2.21. The van der Waals surface area contributed by atoms with Gasteiger partial charge in [-0.3, -0.25) is 0 Å². The van der Waals surface area contributed by atoms with Crippen molar-refractivity contribution in [2.45, 2.75) is 26.1 Å². The molecule has 2 aromatic rings. The number of aromatic nitrogens is 2. The van der Waals surface area contributed by atoms with Crippen LogP contribution in [-0.2, 0) is 13.1 Å². The molecule has 3 rings (SSSR count). The maximum absolute atomic E-state index is 12.3. The molecule has 0 aliphatic carbocycles. The number of nitrogens with one attached hydrogen (secondary N) is 1. The number of fused-ring (bicyclic) bond motifs is 1. The normalized spacial score (nSPS) is 15.4. The van der Waals surface area contributed by atoms with Crippen LogP contribution in [0.2, 0.25) is 0 Å². The molecule has 1 aliphatic rings. The molecule has 6 nitrogen and oxygen atoms in total. The lowest BCUT2D eigenvalue weighted by Gasteiger charge is -2.27. The maximum atomic E-state index is 12.3. The van der Waals surface area contributed by atoms with E-state index in [4.69, 9.17) is 0 Å². The van der Waals surface area contributed by atoms with Crippen LogP contribution in [-0.4, -0.2) is 32.1 Å². The van der Waals surface area contributed by atoms with Crippen molar-refractivity contribution in [2.75, 3.05) is 11.9 Å². The number of anilines is 1. The van der Waals surface area contributed by atoms with Gasteiger partial charge in [-0.2, -0.15) is 0 Å². The molecule has 2 heterocycles. The first-order valence-corrected chi connectivity index (χ1v) is 6.97. The molecular formula is C15H18N4O2. The van der Waals surface area contributed by atoms with Crippen LogP contribution >= 0.6 is 0 Å². The van der Waals surface area contributed by atoms with Crippen molar-refractivity contribution in [1.82, 2.24) is 14.5 Å². The van der Waals surface area contributed by atoms with Crippen molar-refractivity contribution < 1.29 is 9.90 Å². The number of rotatable bonds is 2. The predicted molar refractivity (Wildman–Crippen MR) is 78.7 cm³/mol. The second kappa shape index (κ2) is 5.57. The fraction of sp³-hybridized carbons (Fsp3) is 0.333. The zero-order chi connectivity index (χ0) is 14.8. The molecule has 1 aliphatic heterocycles. The molecule has 0 saturated heterocycles. The number of aliphatic hydroxyl groups is 1. The van der Waals surface area contributed by atoms with Crippen LogP contribution in [0.5, 0.6) is 0 Å². The van der Waals surface area contributed by atoms with Crippen LogP contribution in [0.25, 0.3) is 0 Å². The zero-order valence-electron chi connectivity index (χ0n) is 11.9. The lowest BCUT2D eigenvalue weighted by molar-refractivity contribution is 0.195. The molecule has 2 N–H and O–H groups in total. The van der Waals surface area contributed by atoms with E-state index in [2.05, 4.69) is 14.9 Å². The van der Waals surface area contributed by atoms with E-state index in [1.54, 1.807) is 24.1 Å². The number of aliphatic hydroxyl groups excluding tert-OH is 1. The Labute approximate surface area is 123 Å². The molecule has 6 heteroatoms. The van der Waals surface area contributed by atoms with Crippen LogP contribution in [0, 0.1) is 0 Å². The first-order chi connectivity index (χ1) is 10.1. The highest BCUT2D eigenvalue weighted by molar-refractivity contribution is 5.89. The first-order valence-electron chi connectivity index (χ1n) is 6.97. The van der Waals surface area contributed by atoms with Crippen LogP contribution in [0.3, 0.4) is 0 Å². The van der Waals surface area contributed by atoms with Crippen LogP contribution in [0.4, 0.5) is 10.5 Å². The van der Waals surface area contributed by atoms with Gasteiger partial charge in [0.2, 0.25) is 0 Å². The summed E-state index contributed by atoms with van der Waals surface area (Å²) in [4.78, 5) is 18.3. The Hall–Kier alpha value is -2.34. The van der Waals surface area contributed by atoms with Gasteiger partial charge >= 0.3 is 6.03 Å². The first kappa shape index (κ1) is 13.6. The summed E-state index contributed by atoms with van der Waals surface area (Å²) in [6.45, 7) is 3.63. The number of carbonyl (C=O) groups is 1. The second-order valence-electron chi connectivity index (χ2n) is 5.19. The van der Waals surface area contributed by atoms with Crippen molar-refractivity contribution in [3.8, 4) is 0 Å². The van der Waals surface area contributed by atoms with Crippen LogP contribution in [0.1, 0.15) is 24.4 Å². The van der Waals surface area contributed by atoms with Gasteiger partial charge in [-0.25, -0.2) is 9.78 Å². The smallest absolute Gasteiger partial charge is 0.322 e. The topological polar surface area (TPSA) is 70.4 Å². The number of nitrogens with zero attached hydrogens (tertiary/aromatic N) is 3. The Kier molecular flexibility index (Phi) is 3.62. The third-order valence-electron chi connectivity index (χ3n) is 3.65. The Morgan fingerprint density at radius 1 is 1.43 bits per heavy atom. The Bertz CT molecular complexity index is 651. The highest BCUT2D eigenvalue weighted by Crippen LogP contribution is 2.18. The van der Waals surface area contributed by atoms with E-state index >= 15 is 0 Å². The quantitative estimate of drug-likeness (QED) is 0.887. The van der Waals surface area contributed by atoms with Gasteiger partial charge in [0.05, 0.1) is 12.6 Å². The van der Waals surface area contributed by atoms with Crippen molar-refractivity contribution >= 4 is 11.7 Å². The fourth-order valence-electron chi connectivity index (χ4n) is 2.43. The molecule has 0 saturated carbocycles. The van der Waals surface area contributed by atoms with Crippen molar-refractivity contribution in [1.29, 1.82) is 0 Å². The van der Waals surface area contributed by atoms with Gasteiger partial charge < -0.3 is 19.9 Å². The third kappa shape index (κ3) is 2.90. The predicted octanol–water partition coefficient (Wildman–Crippen LogP) is 1.98. The molecule has 2 amide bonds. The van der Waals surface area contributed by atoms with E-state index in [9.17, 15) is 9.90 Å². The zero-order valence-corrected chi connectivity index (χ0v) is 11.9. The van der Waals surface area contributed by atoms with Crippen molar-refractivity contribution in [2.24, 2.45) is 0 Å². The molecular weight excluding hydrogens is 268 g/mol. The number of imidazole rings is 1. The fourth-order valence-corrected chi connectivity index (χ4v) is 2.43. The molecule has 0 radical (unpaired) electrons. The largest absolute Gasteiger partial charge is 0.389 e. The summed E-state index contributed by atoms with van der Waals surface area (Å²) in [5.74, 6) is 0.897. The summed E-state index contributed by atoms with van der Waals surface area (Å²) in [6, 6.07) is 7.10. The third-order valence-corrected chi connectivity index (χ3v) is 3.65. The SMILES string of the molecule is CC(O)c1cccc(NC(=O)N2CCn3ccnc3C2)c1. The average molecular weight is 286 g/mol. The molecule has 21 heavy (non-hydrogen) atoms. The number of benzene rings is 1. The summed E-state index contributed by atoms with van der Waals surface area (Å²) in [5.41, 5.74) is 1.47. The number of hydrogen-bond donors (Lipinski definition) is 2. The second-order valence-corrected chi connectivity index (χ2v) is 5.19. The number of carbonyl (C=O) groups excluding carboxylic acids is 1. The van der Waals surface area contributed by atoms with E-state index in [0.29, 0.717) is 18.8 Å². The standard InChI is InChI=1S/C15H18N4O2/c1-11(20)12-3-2-4-13(9-12)17-15(21)19-8-7-18-6-5-16-14(18)10-19/h2-6,9,11,20H,7-8,10H2,1H3,(H,17,21). The molecule has 1 unspecified atom stereocenters. The van der Waals surface area contributed by atoms with E-state index in [0.717, 1.165) is 17.9 Å². The van der Waals surface area contributed by atoms with E-state index in [-0.39, 0.29) is 6.03 Å². The molecule has 1 aromatic heterocycles. The molecule has 1 atom stereocenters. The lowest BCUT2D eigenvalue weighted by atomic mass is 10.1. The Morgan fingerprint density at radius 3 is 3.10 bits per heavy atom. The minimum Gasteiger partial charge on any atom is -0.389 e. The highest BCUT2D eigenvalue weighted by atomic mass is 16.3. The van der Waals surface area contributed by atoms with Gasteiger partial charge in [0.25, 0.3) is 0 Å². The molecule has 0 bridgehead atoms. The van der Waals surface area contributed by atoms with Gasteiger partial charge in [0.1, 0.15) is 5.82 Å². The summed E-state index contributed by atoms with van der Waals surface area (Å²) >= 11 is 0. The molecule has 0 fully saturated rings. The maximum Gasteiger partial charge on any atom is 0.322 e. The van der Waals surface area contributed by atoms with Gasteiger partial charge in [-0.1, -0.05) is 12.1 Å². The van der Waals surface area contributed by atoms with Crippen LogP contribution in [0.15, 0.2) is 36.7 Å². The number of urea groups is 1. The van der Waals surface area contributed by atoms with Gasteiger partial charge in [-0.05, 0) is 24.6 Å².